The van der Waals surface area contributed by atoms with Crippen LogP contribution in [0.4, 0.5) is 0 Å². The quantitative estimate of drug-likeness (QED) is 0.508. The van der Waals surface area contributed by atoms with Gasteiger partial charge in [0.1, 0.15) is 6.10 Å². The predicted molar refractivity (Wildman–Crippen MR) is 61.4 cm³/mol. The fourth-order valence-corrected chi connectivity index (χ4v) is 1.69. The zero-order valence-corrected chi connectivity index (χ0v) is 10.2. The van der Waals surface area contributed by atoms with E-state index in [9.17, 15) is 4.79 Å². The fourth-order valence-electron chi connectivity index (χ4n) is 1.69. The Bertz CT molecular complexity index is 203. The van der Waals surface area contributed by atoms with Gasteiger partial charge >= 0.3 is 5.97 Å². The van der Waals surface area contributed by atoms with E-state index in [4.69, 9.17) is 9.47 Å². The number of esters is 1. The molecule has 1 heterocycles. The smallest absolute Gasteiger partial charge is 0.320 e. The number of piperidine rings is 1. The average molecular weight is 230 g/mol. The van der Waals surface area contributed by atoms with E-state index in [2.05, 4.69) is 17.3 Å². The summed E-state index contributed by atoms with van der Waals surface area (Å²) in [6.07, 6.45) is 1.99. The van der Waals surface area contributed by atoms with Crippen LogP contribution in [0.25, 0.3) is 0 Å². The molecule has 1 N–H and O–H groups in total. The molecule has 0 saturated carbocycles. The van der Waals surface area contributed by atoms with E-state index in [1.807, 2.05) is 0 Å². The highest BCUT2D eigenvalue weighted by Gasteiger charge is 2.19. The van der Waals surface area contributed by atoms with Crippen LogP contribution in [0.3, 0.4) is 0 Å². The Morgan fingerprint density at radius 2 is 2.12 bits per heavy atom. The van der Waals surface area contributed by atoms with Crippen molar-refractivity contribution >= 4 is 5.97 Å². The number of rotatable bonds is 6. The van der Waals surface area contributed by atoms with Crippen LogP contribution in [-0.4, -0.2) is 63.9 Å². The van der Waals surface area contributed by atoms with Gasteiger partial charge in [0, 0.05) is 26.7 Å². The van der Waals surface area contributed by atoms with Gasteiger partial charge in [-0.1, -0.05) is 0 Å². The molecule has 1 rings (SSSR count). The summed E-state index contributed by atoms with van der Waals surface area (Å²) in [7, 11) is 3.73. The topological polar surface area (TPSA) is 50.8 Å². The van der Waals surface area contributed by atoms with Crippen molar-refractivity contribution in [3.05, 3.63) is 0 Å². The van der Waals surface area contributed by atoms with Gasteiger partial charge in [-0.2, -0.15) is 0 Å². The van der Waals surface area contributed by atoms with E-state index >= 15 is 0 Å². The summed E-state index contributed by atoms with van der Waals surface area (Å²) in [6.45, 7) is 3.58. The third-order valence-corrected chi connectivity index (χ3v) is 2.72. The van der Waals surface area contributed by atoms with Crippen molar-refractivity contribution in [2.45, 2.75) is 18.9 Å². The standard InChI is InChI=1S/C11H22N2O3/c1-13-6-3-10(4-7-13)16-11(14)9-12-5-8-15-2/h10,12H,3-9H2,1-2H3. The Balaban J connectivity index is 2.05. The van der Waals surface area contributed by atoms with E-state index in [1.165, 1.54) is 0 Å². The number of nitrogens with zero attached hydrogens (tertiary/aromatic N) is 1. The number of ether oxygens (including phenoxy) is 2. The van der Waals surface area contributed by atoms with Crippen LogP contribution >= 0.6 is 0 Å². The summed E-state index contributed by atoms with van der Waals surface area (Å²) >= 11 is 0. The van der Waals surface area contributed by atoms with Crippen LogP contribution in [-0.2, 0) is 14.3 Å². The van der Waals surface area contributed by atoms with Crippen LogP contribution in [0.5, 0.6) is 0 Å². The molecular formula is C11H22N2O3. The van der Waals surface area contributed by atoms with E-state index in [0.717, 1.165) is 25.9 Å². The SMILES string of the molecule is COCCNCC(=O)OC1CCN(C)CC1. The van der Waals surface area contributed by atoms with Crippen LogP contribution in [0, 0.1) is 0 Å². The second kappa shape index (κ2) is 7.60. The molecule has 5 nitrogen and oxygen atoms in total. The van der Waals surface area contributed by atoms with Crippen molar-refractivity contribution in [2.75, 3.05) is 46.9 Å². The zero-order valence-electron chi connectivity index (χ0n) is 10.2. The molecule has 0 bridgehead atoms. The summed E-state index contributed by atoms with van der Waals surface area (Å²) in [5, 5.41) is 2.97. The minimum Gasteiger partial charge on any atom is -0.461 e. The Kier molecular flexibility index (Phi) is 6.37. The molecule has 94 valence electrons. The number of carbonyl (C=O) groups excluding carboxylic acids is 1. The highest BCUT2D eigenvalue weighted by molar-refractivity contribution is 5.71. The summed E-state index contributed by atoms with van der Waals surface area (Å²) in [5.41, 5.74) is 0. The van der Waals surface area contributed by atoms with Crippen LogP contribution < -0.4 is 5.32 Å². The summed E-state index contributed by atoms with van der Waals surface area (Å²) in [4.78, 5) is 13.7. The molecule has 0 radical (unpaired) electrons. The van der Waals surface area contributed by atoms with Crippen molar-refractivity contribution in [1.29, 1.82) is 0 Å². The maximum Gasteiger partial charge on any atom is 0.320 e. The highest BCUT2D eigenvalue weighted by Crippen LogP contribution is 2.11. The first-order valence-corrected chi connectivity index (χ1v) is 5.80. The summed E-state index contributed by atoms with van der Waals surface area (Å²) in [6, 6.07) is 0. The molecule has 0 aromatic heterocycles. The first-order valence-electron chi connectivity index (χ1n) is 5.80. The van der Waals surface area contributed by atoms with E-state index in [0.29, 0.717) is 13.2 Å². The van der Waals surface area contributed by atoms with Gasteiger partial charge in [0.2, 0.25) is 0 Å². The molecule has 1 fully saturated rings. The number of carbonyl (C=O) groups is 1. The number of hydrogen-bond acceptors (Lipinski definition) is 5. The molecule has 16 heavy (non-hydrogen) atoms. The minimum atomic E-state index is -0.161. The molecular weight excluding hydrogens is 208 g/mol. The van der Waals surface area contributed by atoms with Gasteiger partial charge in [-0.05, 0) is 19.9 Å². The van der Waals surface area contributed by atoms with E-state index in [-0.39, 0.29) is 18.6 Å². The molecule has 0 aliphatic carbocycles. The van der Waals surface area contributed by atoms with Crippen molar-refractivity contribution in [1.82, 2.24) is 10.2 Å². The maximum atomic E-state index is 11.4. The van der Waals surface area contributed by atoms with E-state index < -0.39 is 0 Å². The Morgan fingerprint density at radius 3 is 2.75 bits per heavy atom. The van der Waals surface area contributed by atoms with Crippen molar-refractivity contribution in [3.8, 4) is 0 Å². The molecule has 0 unspecified atom stereocenters. The second-order valence-electron chi connectivity index (χ2n) is 4.16. The number of hydrogen-bond donors (Lipinski definition) is 1. The Labute approximate surface area is 97.1 Å². The first-order chi connectivity index (χ1) is 7.72. The Morgan fingerprint density at radius 1 is 1.44 bits per heavy atom. The molecule has 0 spiro atoms. The predicted octanol–water partition coefficient (Wildman–Crippen LogP) is -0.140. The van der Waals surface area contributed by atoms with Crippen molar-refractivity contribution in [3.63, 3.8) is 0 Å². The first kappa shape index (κ1) is 13.4. The number of nitrogens with one attached hydrogen (secondary N) is 1. The maximum absolute atomic E-state index is 11.4. The van der Waals surface area contributed by atoms with Gasteiger partial charge in [0.15, 0.2) is 0 Å². The molecule has 1 aliphatic heterocycles. The van der Waals surface area contributed by atoms with Gasteiger partial charge in [0.25, 0.3) is 0 Å². The minimum absolute atomic E-state index is 0.105. The van der Waals surface area contributed by atoms with Gasteiger partial charge in [-0.3, -0.25) is 4.79 Å². The normalized spacial score (nSPS) is 18.6. The van der Waals surface area contributed by atoms with Crippen LogP contribution in [0.2, 0.25) is 0 Å². The second-order valence-corrected chi connectivity index (χ2v) is 4.16. The highest BCUT2D eigenvalue weighted by atomic mass is 16.5. The molecule has 0 aromatic rings. The number of likely N-dealkylation sites (tertiary alicyclic amines) is 1. The van der Waals surface area contributed by atoms with Crippen LogP contribution in [0.1, 0.15) is 12.8 Å². The largest absolute Gasteiger partial charge is 0.461 e. The molecule has 5 heteroatoms. The lowest BCUT2D eigenvalue weighted by Crippen LogP contribution is -2.37. The lowest BCUT2D eigenvalue weighted by Gasteiger charge is -2.28. The average Bonchev–Trinajstić information content (AvgIpc) is 2.28. The monoisotopic (exact) mass is 230 g/mol. The molecule has 0 atom stereocenters. The van der Waals surface area contributed by atoms with Gasteiger partial charge in [0.05, 0.1) is 13.2 Å². The zero-order chi connectivity index (χ0) is 11.8. The van der Waals surface area contributed by atoms with E-state index in [1.54, 1.807) is 7.11 Å². The van der Waals surface area contributed by atoms with Crippen molar-refractivity contribution < 1.29 is 14.3 Å². The van der Waals surface area contributed by atoms with Gasteiger partial charge in [-0.15, -0.1) is 0 Å². The van der Waals surface area contributed by atoms with Crippen molar-refractivity contribution in [2.24, 2.45) is 0 Å². The molecule has 1 saturated heterocycles. The van der Waals surface area contributed by atoms with Gasteiger partial charge < -0.3 is 19.7 Å². The fraction of sp³-hybridized carbons (Fsp3) is 0.909. The lowest BCUT2D eigenvalue weighted by atomic mass is 10.1. The Hall–Kier alpha value is -0.650. The third-order valence-electron chi connectivity index (χ3n) is 2.72. The lowest BCUT2D eigenvalue weighted by molar-refractivity contribution is -0.149. The summed E-state index contributed by atoms with van der Waals surface area (Å²) in [5.74, 6) is -0.161. The molecule has 1 aliphatic rings. The summed E-state index contributed by atoms with van der Waals surface area (Å²) < 4.78 is 10.2. The van der Waals surface area contributed by atoms with Gasteiger partial charge in [-0.25, -0.2) is 0 Å². The molecule has 0 amide bonds. The number of methoxy groups -OCH3 is 1. The van der Waals surface area contributed by atoms with Crippen LogP contribution in [0.15, 0.2) is 0 Å². The third kappa shape index (κ3) is 5.44. The molecule has 0 aromatic carbocycles.